The lowest BCUT2D eigenvalue weighted by Crippen LogP contribution is -2.24. The molecule has 0 aliphatic carbocycles. The summed E-state index contributed by atoms with van der Waals surface area (Å²) >= 11 is 0. The van der Waals surface area contributed by atoms with Crippen molar-refractivity contribution in [2.45, 2.75) is 6.92 Å². The number of ether oxygens (including phenoxy) is 1. The van der Waals surface area contributed by atoms with E-state index in [0.29, 0.717) is 0 Å². The summed E-state index contributed by atoms with van der Waals surface area (Å²) in [6.45, 7) is 1.71. The van der Waals surface area contributed by atoms with Gasteiger partial charge in [-0.15, -0.1) is 0 Å². The van der Waals surface area contributed by atoms with Crippen molar-refractivity contribution in [2.24, 2.45) is 5.73 Å². The first-order valence-corrected chi connectivity index (χ1v) is 7.67. The van der Waals surface area contributed by atoms with Gasteiger partial charge in [0.05, 0.1) is 18.7 Å². The third-order valence-corrected chi connectivity index (χ3v) is 3.34. The summed E-state index contributed by atoms with van der Waals surface area (Å²) in [6.07, 6.45) is 0. The summed E-state index contributed by atoms with van der Waals surface area (Å²) < 4.78 is 43.6. The highest BCUT2D eigenvalue weighted by Crippen LogP contribution is 2.15. The molecule has 0 fully saturated rings. The Labute approximate surface area is 122 Å². The van der Waals surface area contributed by atoms with Gasteiger partial charge in [-0.3, -0.25) is 9.52 Å². The zero-order chi connectivity index (χ0) is 15.9. The Balaban J connectivity index is 2.90. The molecule has 1 aromatic carbocycles. The molecule has 0 aromatic heterocycles. The predicted octanol–water partition coefficient (Wildman–Crippen LogP) is 0.441. The van der Waals surface area contributed by atoms with Crippen LogP contribution >= 0.6 is 0 Å². The van der Waals surface area contributed by atoms with E-state index in [1.807, 2.05) is 0 Å². The zero-order valence-corrected chi connectivity index (χ0v) is 12.2. The van der Waals surface area contributed by atoms with Crippen molar-refractivity contribution in [3.05, 3.63) is 29.6 Å². The van der Waals surface area contributed by atoms with Crippen LogP contribution in [0.3, 0.4) is 0 Å². The molecule has 1 rings (SSSR count). The number of sulfonamides is 1. The number of nitrogens with two attached hydrogens (primary N) is 1. The third-order valence-electron chi connectivity index (χ3n) is 2.18. The van der Waals surface area contributed by atoms with E-state index in [4.69, 9.17) is 5.73 Å². The van der Waals surface area contributed by atoms with Crippen molar-refractivity contribution in [1.82, 2.24) is 0 Å². The molecule has 8 heteroatoms. The molecular formula is C13H15FN2O4S. The number of hydrogen-bond acceptors (Lipinski definition) is 5. The number of benzene rings is 1. The van der Waals surface area contributed by atoms with Gasteiger partial charge in [0.1, 0.15) is 5.82 Å². The first-order chi connectivity index (χ1) is 9.88. The fraction of sp³-hybridized carbons (Fsp3) is 0.308. The van der Waals surface area contributed by atoms with Gasteiger partial charge in [-0.05, 0) is 25.1 Å². The van der Waals surface area contributed by atoms with Gasteiger partial charge in [0, 0.05) is 5.69 Å². The van der Waals surface area contributed by atoms with Crippen molar-refractivity contribution in [2.75, 3.05) is 23.6 Å². The van der Waals surface area contributed by atoms with Gasteiger partial charge in [-0.1, -0.05) is 11.8 Å². The predicted molar refractivity (Wildman–Crippen MR) is 76.4 cm³/mol. The molecule has 1 aromatic rings. The van der Waals surface area contributed by atoms with E-state index in [2.05, 4.69) is 21.3 Å². The van der Waals surface area contributed by atoms with Crippen LogP contribution in [0.1, 0.15) is 12.5 Å². The van der Waals surface area contributed by atoms with Crippen LogP contribution in [0, 0.1) is 17.7 Å². The molecule has 0 aliphatic heterocycles. The van der Waals surface area contributed by atoms with Gasteiger partial charge in [0.25, 0.3) is 0 Å². The summed E-state index contributed by atoms with van der Waals surface area (Å²) in [7, 11) is -3.93. The highest BCUT2D eigenvalue weighted by atomic mass is 32.2. The maximum Gasteiger partial charge on any atom is 0.323 e. The van der Waals surface area contributed by atoms with E-state index < -0.39 is 27.6 Å². The summed E-state index contributed by atoms with van der Waals surface area (Å²) in [5.74, 6) is 2.68. The van der Waals surface area contributed by atoms with E-state index in [9.17, 15) is 17.6 Å². The highest BCUT2D eigenvalue weighted by molar-refractivity contribution is 7.93. The van der Waals surface area contributed by atoms with Gasteiger partial charge in [0.15, 0.2) is 5.75 Å². The first kappa shape index (κ1) is 16.9. The van der Waals surface area contributed by atoms with E-state index in [1.165, 1.54) is 12.1 Å². The van der Waals surface area contributed by atoms with Crippen LogP contribution in [0.2, 0.25) is 0 Å². The Kier molecular flexibility index (Phi) is 6.14. The van der Waals surface area contributed by atoms with Gasteiger partial charge >= 0.3 is 5.97 Å². The summed E-state index contributed by atoms with van der Waals surface area (Å²) in [4.78, 5) is 11.2. The molecule has 0 atom stereocenters. The molecule has 3 N–H and O–H groups in total. The number of carbonyl (C=O) groups is 1. The zero-order valence-electron chi connectivity index (χ0n) is 11.3. The Morgan fingerprint density at radius 2 is 2.19 bits per heavy atom. The van der Waals surface area contributed by atoms with Crippen molar-refractivity contribution in [3.63, 3.8) is 0 Å². The fourth-order valence-corrected chi connectivity index (χ4v) is 2.36. The van der Waals surface area contributed by atoms with Gasteiger partial charge in [-0.2, -0.15) is 0 Å². The molecule has 21 heavy (non-hydrogen) atoms. The largest absolute Gasteiger partial charge is 0.465 e. The second kappa shape index (κ2) is 7.61. The molecule has 0 amide bonds. The minimum atomic E-state index is -3.93. The van der Waals surface area contributed by atoms with Crippen molar-refractivity contribution >= 4 is 21.7 Å². The third kappa shape index (κ3) is 5.81. The maximum absolute atomic E-state index is 13.4. The molecule has 0 saturated heterocycles. The summed E-state index contributed by atoms with van der Waals surface area (Å²) in [5.41, 5.74) is 5.30. The normalized spacial score (nSPS) is 10.4. The Bertz CT molecular complexity index is 677. The van der Waals surface area contributed by atoms with Crippen molar-refractivity contribution in [3.8, 4) is 11.8 Å². The molecule has 0 heterocycles. The van der Waals surface area contributed by atoms with Crippen LogP contribution in [0.4, 0.5) is 10.1 Å². The Morgan fingerprint density at radius 1 is 1.48 bits per heavy atom. The highest BCUT2D eigenvalue weighted by Gasteiger charge is 2.17. The number of rotatable bonds is 5. The number of carbonyl (C=O) groups excluding carboxylic acids is 1. The van der Waals surface area contributed by atoms with Crippen LogP contribution in [-0.4, -0.2) is 33.3 Å². The lowest BCUT2D eigenvalue weighted by atomic mass is 10.2. The van der Waals surface area contributed by atoms with Gasteiger partial charge in [0.2, 0.25) is 10.0 Å². The van der Waals surface area contributed by atoms with E-state index >= 15 is 0 Å². The second-order valence-electron chi connectivity index (χ2n) is 3.87. The Morgan fingerprint density at radius 3 is 2.81 bits per heavy atom. The van der Waals surface area contributed by atoms with Crippen LogP contribution in [-0.2, 0) is 19.6 Å². The number of halogens is 1. The Hall–Kier alpha value is -2.11. The monoisotopic (exact) mass is 314 g/mol. The topological polar surface area (TPSA) is 98.5 Å². The molecule has 0 unspecified atom stereocenters. The van der Waals surface area contributed by atoms with Crippen molar-refractivity contribution in [1.29, 1.82) is 0 Å². The minimum Gasteiger partial charge on any atom is -0.465 e. The van der Waals surface area contributed by atoms with E-state index in [0.717, 1.165) is 6.07 Å². The van der Waals surface area contributed by atoms with Crippen molar-refractivity contribution < 1.29 is 22.3 Å². The molecular weight excluding hydrogens is 299 g/mol. The molecule has 0 radical (unpaired) electrons. The number of nitrogens with one attached hydrogen (secondary N) is 1. The SMILES string of the molecule is CCOC(=O)CS(=O)(=O)Nc1ccc(F)c(C#CCN)c1. The van der Waals surface area contributed by atoms with E-state index in [-0.39, 0.29) is 24.4 Å². The minimum absolute atomic E-state index is 0.0109. The van der Waals surface area contributed by atoms with E-state index in [1.54, 1.807) is 6.92 Å². The molecule has 6 nitrogen and oxygen atoms in total. The van der Waals surface area contributed by atoms with Crippen LogP contribution in [0.25, 0.3) is 0 Å². The summed E-state index contributed by atoms with van der Waals surface area (Å²) in [6, 6.07) is 3.52. The smallest absolute Gasteiger partial charge is 0.323 e. The van der Waals surface area contributed by atoms with Crippen LogP contribution < -0.4 is 10.5 Å². The average molecular weight is 314 g/mol. The van der Waals surface area contributed by atoms with Gasteiger partial charge in [-0.25, -0.2) is 12.8 Å². The summed E-state index contributed by atoms with van der Waals surface area (Å²) in [5, 5.41) is 0. The van der Waals surface area contributed by atoms with Gasteiger partial charge < -0.3 is 10.5 Å². The second-order valence-corrected chi connectivity index (χ2v) is 5.59. The average Bonchev–Trinajstić information content (AvgIpc) is 2.38. The fourth-order valence-electron chi connectivity index (χ4n) is 1.40. The lowest BCUT2D eigenvalue weighted by Gasteiger charge is -2.08. The quantitative estimate of drug-likeness (QED) is 0.607. The molecule has 114 valence electrons. The number of hydrogen-bond donors (Lipinski definition) is 2. The van der Waals surface area contributed by atoms with Crippen LogP contribution in [0.15, 0.2) is 18.2 Å². The lowest BCUT2D eigenvalue weighted by molar-refractivity contribution is -0.139. The number of anilines is 1. The maximum atomic E-state index is 13.4. The number of esters is 1. The molecule has 0 bridgehead atoms. The molecule has 0 aliphatic rings. The van der Waals surface area contributed by atoms with Crippen LogP contribution in [0.5, 0.6) is 0 Å². The first-order valence-electron chi connectivity index (χ1n) is 6.02. The molecule has 0 spiro atoms. The molecule has 0 saturated carbocycles. The standard InChI is InChI=1S/C13H15FN2O4S/c1-2-20-13(17)9-21(18,19)16-11-5-6-12(14)10(8-11)4-3-7-15/h5-6,8,16H,2,7,9,15H2,1H3.